The highest BCUT2D eigenvalue weighted by Crippen LogP contribution is 2.12. The summed E-state index contributed by atoms with van der Waals surface area (Å²) in [4.78, 5) is 10.9. The van der Waals surface area contributed by atoms with E-state index in [1.807, 2.05) is 18.2 Å². The summed E-state index contributed by atoms with van der Waals surface area (Å²) in [7, 11) is 0. The van der Waals surface area contributed by atoms with Crippen LogP contribution in [0.25, 0.3) is 0 Å². The highest BCUT2D eigenvalue weighted by molar-refractivity contribution is 5.81. The van der Waals surface area contributed by atoms with Gasteiger partial charge in [-0.15, -0.1) is 0 Å². The average molecular weight is 204 g/mol. The van der Waals surface area contributed by atoms with Gasteiger partial charge in [0.2, 0.25) is 0 Å². The van der Waals surface area contributed by atoms with Crippen LogP contribution in [0.1, 0.15) is 0 Å². The molecule has 1 atom stereocenters. The first kappa shape index (κ1) is 11.0. The zero-order valence-electron chi connectivity index (χ0n) is 8.26. The molecule has 1 aromatic rings. The smallest absolute Gasteiger partial charge is 0.333 e. The van der Waals surface area contributed by atoms with Gasteiger partial charge in [-0.1, -0.05) is 31.4 Å². The highest BCUT2D eigenvalue weighted by atomic mass is 16.7. The third kappa shape index (κ3) is 3.68. The van der Waals surface area contributed by atoms with Crippen LogP contribution in [-0.4, -0.2) is 12.3 Å². The fourth-order valence-electron chi connectivity index (χ4n) is 0.916. The van der Waals surface area contributed by atoms with Gasteiger partial charge < -0.3 is 9.47 Å². The lowest BCUT2D eigenvalue weighted by Gasteiger charge is -2.14. The molecule has 0 saturated carbocycles. The van der Waals surface area contributed by atoms with Gasteiger partial charge >= 0.3 is 5.97 Å². The molecule has 0 bridgehead atoms. The molecule has 1 aromatic carbocycles. The predicted molar refractivity (Wildman–Crippen MR) is 57.3 cm³/mol. The standard InChI is InChI=1S/C12H12O3/c1-3-11(13)15-12(4-2)14-10-8-6-5-7-9-10/h3-9,12H,1-2H2. The number of ether oxygens (including phenoxy) is 2. The fourth-order valence-corrected chi connectivity index (χ4v) is 0.916. The molecule has 0 spiro atoms. The molecule has 0 N–H and O–H groups in total. The lowest BCUT2D eigenvalue weighted by molar-refractivity contribution is -0.151. The van der Waals surface area contributed by atoms with Crippen molar-refractivity contribution >= 4 is 5.97 Å². The molecule has 15 heavy (non-hydrogen) atoms. The number of rotatable bonds is 5. The van der Waals surface area contributed by atoms with Crippen LogP contribution in [0.3, 0.4) is 0 Å². The number of esters is 1. The molecule has 0 saturated heterocycles. The molecule has 0 aliphatic heterocycles. The number of carbonyl (C=O) groups is 1. The first-order valence-electron chi connectivity index (χ1n) is 4.43. The molecule has 0 radical (unpaired) electrons. The van der Waals surface area contributed by atoms with E-state index < -0.39 is 12.3 Å². The summed E-state index contributed by atoms with van der Waals surface area (Å²) >= 11 is 0. The van der Waals surface area contributed by atoms with Gasteiger partial charge in [0, 0.05) is 6.08 Å². The molecule has 0 aliphatic carbocycles. The van der Waals surface area contributed by atoms with Crippen molar-refractivity contribution in [2.75, 3.05) is 0 Å². The molecule has 0 amide bonds. The lowest BCUT2D eigenvalue weighted by atomic mass is 10.3. The van der Waals surface area contributed by atoms with Gasteiger partial charge in [-0.2, -0.15) is 0 Å². The summed E-state index contributed by atoms with van der Waals surface area (Å²) in [5.74, 6) is 0.0649. The van der Waals surface area contributed by atoms with Gasteiger partial charge in [0.15, 0.2) is 0 Å². The minimum atomic E-state index is -0.794. The maximum absolute atomic E-state index is 10.9. The van der Waals surface area contributed by atoms with E-state index in [9.17, 15) is 4.79 Å². The third-order valence-electron chi connectivity index (χ3n) is 1.59. The van der Waals surface area contributed by atoms with Gasteiger partial charge in [0.05, 0.1) is 0 Å². The first-order valence-corrected chi connectivity index (χ1v) is 4.43. The van der Waals surface area contributed by atoms with Crippen LogP contribution in [0.2, 0.25) is 0 Å². The molecule has 1 unspecified atom stereocenters. The third-order valence-corrected chi connectivity index (χ3v) is 1.59. The largest absolute Gasteiger partial charge is 0.451 e. The summed E-state index contributed by atoms with van der Waals surface area (Å²) in [6.07, 6.45) is 1.68. The van der Waals surface area contributed by atoms with Crippen LogP contribution >= 0.6 is 0 Å². The van der Waals surface area contributed by atoms with Crippen molar-refractivity contribution < 1.29 is 14.3 Å². The monoisotopic (exact) mass is 204 g/mol. The number of carbonyl (C=O) groups excluding carboxylic acids is 1. The molecule has 3 heteroatoms. The number of para-hydroxylation sites is 1. The van der Waals surface area contributed by atoms with Crippen LogP contribution in [0.5, 0.6) is 5.75 Å². The van der Waals surface area contributed by atoms with Crippen molar-refractivity contribution in [2.24, 2.45) is 0 Å². The summed E-state index contributed by atoms with van der Waals surface area (Å²) in [5.41, 5.74) is 0. The zero-order valence-corrected chi connectivity index (χ0v) is 8.26. The van der Waals surface area contributed by atoms with Crippen molar-refractivity contribution in [3.8, 4) is 5.75 Å². The first-order chi connectivity index (χ1) is 7.26. The number of hydrogen-bond donors (Lipinski definition) is 0. The van der Waals surface area contributed by atoms with E-state index in [0.29, 0.717) is 5.75 Å². The summed E-state index contributed by atoms with van der Waals surface area (Å²) in [5, 5.41) is 0. The number of benzene rings is 1. The van der Waals surface area contributed by atoms with E-state index in [2.05, 4.69) is 13.2 Å². The van der Waals surface area contributed by atoms with Gasteiger partial charge in [0.1, 0.15) is 5.75 Å². The summed E-state index contributed by atoms with van der Waals surface area (Å²) in [6.45, 7) is 6.80. The Morgan fingerprint density at radius 1 is 1.27 bits per heavy atom. The maximum Gasteiger partial charge on any atom is 0.333 e. The van der Waals surface area contributed by atoms with Gasteiger partial charge in [0.25, 0.3) is 6.29 Å². The Hall–Kier alpha value is -2.03. The molecule has 78 valence electrons. The minimum absolute atomic E-state index is 0.546. The second-order valence-electron chi connectivity index (χ2n) is 2.68. The normalized spacial score (nSPS) is 11.2. The Morgan fingerprint density at radius 2 is 1.93 bits per heavy atom. The zero-order chi connectivity index (χ0) is 11.1. The van der Waals surface area contributed by atoms with Crippen LogP contribution in [0.15, 0.2) is 55.6 Å². The second-order valence-corrected chi connectivity index (χ2v) is 2.68. The van der Waals surface area contributed by atoms with E-state index in [4.69, 9.17) is 9.47 Å². The summed E-state index contributed by atoms with van der Waals surface area (Å²) in [6, 6.07) is 9.04. The van der Waals surface area contributed by atoms with E-state index >= 15 is 0 Å². The van der Waals surface area contributed by atoms with Gasteiger partial charge in [-0.05, 0) is 18.2 Å². The van der Waals surface area contributed by atoms with Crippen LogP contribution < -0.4 is 4.74 Å². The van der Waals surface area contributed by atoms with E-state index in [-0.39, 0.29) is 0 Å². The average Bonchev–Trinajstić information content (AvgIpc) is 2.29. The van der Waals surface area contributed by atoms with Gasteiger partial charge in [-0.3, -0.25) is 0 Å². The minimum Gasteiger partial charge on any atom is -0.451 e. The van der Waals surface area contributed by atoms with E-state index in [1.54, 1.807) is 12.1 Å². The summed E-state index contributed by atoms with van der Waals surface area (Å²) < 4.78 is 10.2. The molecule has 0 heterocycles. The van der Waals surface area contributed by atoms with Crippen molar-refractivity contribution in [3.63, 3.8) is 0 Å². The van der Waals surface area contributed by atoms with Crippen LogP contribution in [0.4, 0.5) is 0 Å². The Bertz CT molecular complexity index is 343. The van der Waals surface area contributed by atoms with E-state index in [1.165, 1.54) is 6.08 Å². The molecule has 0 aliphatic rings. The molecule has 0 aromatic heterocycles. The Balaban J connectivity index is 2.58. The fraction of sp³-hybridized carbons (Fsp3) is 0.0833. The van der Waals surface area contributed by atoms with Gasteiger partial charge in [-0.25, -0.2) is 4.79 Å². The Kier molecular flexibility index (Phi) is 4.16. The lowest BCUT2D eigenvalue weighted by Crippen LogP contribution is -2.20. The molecule has 1 rings (SSSR count). The van der Waals surface area contributed by atoms with E-state index in [0.717, 1.165) is 6.08 Å². The molecule has 3 nitrogen and oxygen atoms in total. The second kappa shape index (κ2) is 5.65. The number of hydrogen-bond acceptors (Lipinski definition) is 3. The molecule has 0 fully saturated rings. The molecular weight excluding hydrogens is 192 g/mol. The van der Waals surface area contributed by atoms with Crippen molar-refractivity contribution in [3.05, 3.63) is 55.6 Å². The topological polar surface area (TPSA) is 35.5 Å². The van der Waals surface area contributed by atoms with Crippen LogP contribution in [-0.2, 0) is 9.53 Å². The predicted octanol–water partition coefficient (Wildman–Crippen LogP) is 2.31. The quantitative estimate of drug-likeness (QED) is 0.319. The highest BCUT2D eigenvalue weighted by Gasteiger charge is 2.09. The van der Waals surface area contributed by atoms with Crippen molar-refractivity contribution in [2.45, 2.75) is 6.29 Å². The molecular formula is C12H12O3. The Morgan fingerprint density at radius 3 is 2.47 bits per heavy atom. The Labute approximate surface area is 88.6 Å². The van der Waals surface area contributed by atoms with Crippen molar-refractivity contribution in [1.82, 2.24) is 0 Å². The SMILES string of the molecule is C=CC(=O)OC(C=C)Oc1ccccc1. The van der Waals surface area contributed by atoms with Crippen molar-refractivity contribution in [1.29, 1.82) is 0 Å². The van der Waals surface area contributed by atoms with Crippen LogP contribution in [0, 0.1) is 0 Å². The maximum atomic E-state index is 10.9.